The number of carbonyl (C=O) groups is 1. The molecule has 7 heteroatoms. The third-order valence-electron chi connectivity index (χ3n) is 4.36. The molecule has 1 saturated carbocycles. The van der Waals surface area contributed by atoms with Crippen LogP contribution < -0.4 is 5.32 Å². The smallest absolute Gasteiger partial charge is 0.356 e. The van der Waals surface area contributed by atoms with Gasteiger partial charge >= 0.3 is 5.97 Å². The molecule has 2 heterocycles. The summed E-state index contributed by atoms with van der Waals surface area (Å²) in [6.07, 6.45) is 6.93. The zero-order valence-electron chi connectivity index (χ0n) is 11.9. The van der Waals surface area contributed by atoms with Crippen molar-refractivity contribution in [2.24, 2.45) is 0 Å². The average Bonchev–Trinajstić information content (AvgIpc) is 2.91. The van der Waals surface area contributed by atoms with Gasteiger partial charge in [-0.3, -0.25) is 5.10 Å². The predicted octanol–water partition coefficient (Wildman–Crippen LogP) is 1.67. The minimum absolute atomic E-state index is 0.121. The number of carboxylic acid groups (broad SMARTS) is 1. The van der Waals surface area contributed by atoms with Crippen LogP contribution in [0.1, 0.15) is 53.8 Å². The average molecular weight is 308 g/mol. The highest BCUT2D eigenvalue weighted by Crippen LogP contribution is 2.22. The highest BCUT2D eigenvalue weighted by molar-refractivity contribution is 7.80. The molecule has 1 aliphatic heterocycles. The van der Waals surface area contributed by atoms with Gasteiger partial charge < -0.3 is 15.3 Å². The maximum absolute atomic E-state index is 11.2. The van der Waals surface area contributed by atoms with Gasteiger partial charge in [0, 0.05) is 36.8 Å². The number of H-pyrrole nitrogens is 1. The van der Waals surface area contributed by atoms with Crippen molar-refractivity contribution in [3.05, 3.63) is 17.0 Å². The van der Waals surface area contributed by atoms with Crippen LogP contribution in [0, 0.1) is 0 Å². The second kappa shape index (κ2) is 6.01. The highest BCUT2D eigenvalue weighted by atomic mass is 32.1. The third kappa shape index (κ3) is 3.02. The molecule has 3 N–H and O–H groups in total. The molecule has 0 spiro atoms. The van der Waals surface area contributed by atoms with E-state index >= 15 is 0 Å². The molecule has 0 aromatic carbocycles. The van der Waals surface area contributed by atoms with Crippen LogP contribution in [0.2, 0.25) is 0 Å². The Hall–Kier alpha value is -1.63. The summed E-state index contributed by atoms with van der Waals surface area (Å²) in [4.78, 5) is 13.2. The van der Waals surface area contributed by atoms with Gasteiger partial charge in [0.15, 0.2) is 10.8 Å². The fourth-order valence-corrected chi connectivity index (χ4v) is 3.48. The third-order valence-corrected chi connectivity index (χ3v) is 4.73. The number of thiocarbonyl (C=S) groups is 1. The minimum atomic E-state index is -0.986. The van der Waals surface area contributed by atoms with Crippen LogP contribution in [0.5, 0.6) is 0 Å². The van der Waals surface area contributed by atoms with E-state index < -0.39 is 5.97 Å². The Morgan fingerprint density at radius 2 is 2.14 bits per heavy atom. The van der Waals surface area contributed by atoms with Crippen molar-refractivity contribution >= 4 is 23.3 Å². The van der Waals surface area contributed by atoms with Crippen LogP contribution in [0.15, 0.2) is 0 Å². The Balaban J connectivity index is 1.66. The molecular weight excluding hydrogens is 288 g/mol. The molecule has 2 aliphatic rings. The number of rotatable bonds is 2. The van der Waals surface area contributed by atoms with E-state index in [2.05, 4.69) is 15.5 Å². The zero-order chi connectivity index (χ0) is 14.8. The van der Waals surface area contributed by atoms with Gasteiger partial charge in [-0.25, -0.2) is 4.79 Å². The normalized spacial score (nSPS) is 19.1. The molecular formula is C14H20N4O2S. The summed E-state index contributed by atoms with van der Waals surface area (Å²) >= 11 is 5.50. The van der Waals surface area contributed by atoms with Crippen molar-refractivity contribution in [2.75, 3.05) is 6.54 Å². The minimum Gasteiger partial charge on any atom is -0.476 e. The van der Waals surface area contributed by atoms with Crippen LogP contribution >= 0.6 is 12.2 Å². The summed E-state index contributed by atoms with van der Waals surface area (Å²) in [7, 11) is 0. The van der Waals surface area contributed by atoms with Gasteiger partial charge in [-0.2, -0.15) is 5.10 Å². The number of hydrogen-bond donors (Lipinski definition) is 3. The molecule has 0 atom stereocenters. The van der Waals surface area contributed by atoms with Crippen molar-refractivity contribution in [1.29, 1.82) is 0 Å². The molecule has 3 rings (SSSR count). The van der Waals surface area contributed by atoms with E-state index in [9.17, 15) is 4.79 Å². The van der Waals surface area contributed by atoms with Gasteiger partial charge in [0.2, 0.25) is 0 Å². The first-order chi connectivity index (χ1) is 10.1. The van der Waals surface area contributed by atoms with Crippen molar-refractivity contribution in [3.63, 3.8) is 0 Å². The summed E-state index contributed by atoms with van der Waals surface area (Å²) in [6.45, 7) is 1.32. The van der Waals surface area contributed by atoms with Gasteiger partial charge in [-0.1, -0.05) is 19.3 Å². The quantitative estimate of drug-likeness (QED) is 0.721. The predicted molar refractivity (Wildman–Crippen MR) is 82.3 cm³/mol. The number of hydrogen-bond acceptors (Lipinski definition) is 3. The number of aromatic amines is 1. The number of fused-ring (bicyclic) bond motifs is 1. The fraction of sp³-hybridized carbons (Fsp3) is 0.643. The second-order valence-corrected chi connectivity index (χ2v) is 6.18. The molecule has 1 aliphatic carbocycles. The summed E-state index contributed by atoms with van der Waals surface area (Å²) in [5, 5.41) is 20.1. The van der Waals surface area contributed by atoms with E-state index in [4.69, 9.17) is 17.3 Å². The molecule has 114 valence electrons. The number of carboxylic acids is 1. The molecule has 21 heavy (non-hydrogen) atoms. The Kier molecular flexibility index (Phi) is 4.10. The standard InChI is InChI=1S/C14H20N4O2S/c19-13(20)12-10-8-18(7-6-11(10)16-17-12)14(21)15-9-4-2-1-3-5-9/h9H,1-8H2,(H,15,21)(H,16,17)(H,19,20). The van der Waals surface area contributed by atoms with Gasteiger partial charge in [0.25, 0.3) is 0 Å². The van der Waals surface area contributed by atoms with Crippen LogP contribution in [0.3, 0.4) is 0 Å². The van der Waals surface area contributed by atoms with Gasteiger partial charge in [-0.05, 0) is 25.1 Å². The van der Waals surface area contributed by atoms with E-state index in [1.54, 1.807) is 0 Å². The molecule has 1 aromatic heterocycles. The summed E-state index contributed by atoms with van der Waals surface area (Å²) in [5.74, 6) is -0.986. The van der Waals surface area contributed by atoms with E-state index in [0.29, 0.717) is 12.6 Å². The largest absolute Gasteiger partial charge is 0.476 e. The molecule has 0 amide bonds. The Morgan fingerprint density at radius 3 is 2.86 bits per heavy atom. The van der Waals surface area contributed by atoms with Crippen molar-refractivity contribution in [1.82, 2.24) is 20.4 Å². The SMILES string of the molecule is O=C(O)c1n[nH]c2c1CN(C(=S)NC1CCCCC1)CC2. The van der Waals surface area contributed by atoms with E-state index in [0.717, 1.165) is 29.3 Å². The van der Waals surface area contributed by atoms with Gasteiger partial charge in [0.05, 0.1) is 0 Å². The Labute approximate surface area is 128 Å². The number of nitrogens with one attached hydrogen (secondary N) is 2. The molecule has 0 bridgehead atoms. The number of nitrogens with zero attached hydrogens (tertiary/aromatic N) is 2. The van der Waals surface area contributed by atoms with Crippen molar-refractivity contribution in [2.45, 2.75) is 51.1 Å². The fourth-order valence-electron chi connectivity index (χ4n) is 3.16. The van der Waals surface area contributed by atoms with Crippen LogP contribution in [-0.4, -0.2) is 43.9 Å². The lowest BCUT2D eigenvalue weighted by Crippen LogP contribution is -2.47. The first kappa shape index (κ1) is 14.3. The lowest BCUT2D eigenvalue weighted by Gasteiger charge is -2.33. The van der Waals surface area contributed by atoms with Crippen molar-refractivity contribution < 1.29 is 9.90 Å². The first-order valence-corrected chi connectivity index (χ1v) is 7.91. The molecule has 1 fully saturated rings. The van der Waals surface area contributed by atoms with Crippen LogP contribution in [-0.2, 0) is 13.0 Å². The molecule has 0 saturated heterocycles. The summed E-state index contributed by atoms with van der Waals surface area (Å²) in [6, 6.07) is 0.468. The van der Waals surface area contributed by atoms with Crippen LogP contribution in [0.25, 0.3) is 0 Å². The van der Waals surface area contributed by atoms with Gasteiger partial charge in [0.1, 0.15) is 0 Å². The van der Waals surface area contributed by atoms with E-state index in [-0.39, 0.29) is 5.69 Å². The topological polar surface area (TPSA) is 81.2 Å². The van der Waals surface area contributed by atoms with E-state index in [1.165, 1.54) is 32.1 Å². The monoisotopic (exact) mass is 308 g/mol. The zero-order valence-corrected chi connectivity index (χ0v) is 12.7. The molecule has 1 aromatic rings. The van der Waals surface area contributed by atoms with E-state index in [1.807, 2.05) is 4.90 Å². The number of aromatic carboxylic acids is 1. The van der Waals surface area contributed by atoms with Crippen LogP contribution in [0.4, 0.5) is 0 Å². The summed E-state index contributed by atoms with van der Waals surface area (Å²) < 4.78 is 0. The Morgan fingerprint density at radius 1 is 1.38 bits per heavy atom. The Bertz CT molecular complexity index is 551. The molecule has 0 unspecified atom stereocenters. The highest BCUT2D eigenvalue weighted by Gasteiger charge is 2.27. The van der Waals surface area contributed by atoms with Gasteiger partial charge in [-0.15, -0.1) is 0 Å². The number of aromatic nitrogens is 2. The first-order valence-electron chi connectivity index (χ1n) is 7.50. The maximum atomic E-state index is 11.2. The summed E-state index contributed by atoms with van der Waals surface area (Å²) in [5.41, 5.74) is 1.81. The molecule has 0 radical (unpaired) electrons. The lowest BCUT2D eigenvalue weighted by atomic mass is 9.96. The second-order valence-electron chi connectivity index (χ2n) is 5.79. The maximum Gasteiger partial charge on any atom is 0.356 e. The lowest BCUT2D eigenvalue weighted by molar-refractivity contribution is 0.0688. The molecule has 6 nitrogen and oxygen atoms in total. The van der Waals surface area contributed by atoms with Crippen molar-refractivity contribution in [3.8, 4) is 0 Å².